The summed E-state index contributed by atoms with van der Waals surface area (Å²) in [6.45, 7) is 3.59. The van der Waals surface area contributed by atoms with E-state index in [1.165, 1.54) is 25.3 Å². The van der Waals surface area contributed by atoms with Crippen LogP contribution in [0.2, 0.25) is 0 Å². The number of carbonyl (C=O) groups excluding carboxylic acids is 1. The van der Waals surface area contributed by atoms with Gasteiger partial charge in [0, 0.05) is 45.0 Å². The van der Waals surface area contributed by atoms with Gasteiger partial charge in [-0.3, -0.25) is 9.62 Å². The van der Waals surface area contributed by atoms with Crippen molar-refractivity contribution in [3.05, 3.63) is 47.2 Å². The quantitative estimate of drug-likeness (QED) is 0.781. The molecule has 1 aliphatic rings. The maximum Gasteiger partial charge on any atom is 0.416 e. The van der Waals surface area contributed by atoms with Gasteiger partial charge in [0.05, 0.1) is 11.8 Å². The molecule has 0 aliphatic carbocycles. The molecule has 1 aliphatic heterocycles. The summed E-state index contributed by atoms with van der Waals surface area (Å²) in [4.78, 5) is 16.1. The lowest BCUT2D eigenvalue weighted by Crippen LogP contribution is -2.49. The minimum absolute atomic E-state index is 0.0458. The first-order valence-corrected chi connectivity index (χ1v) is 11.0. The van der Waals surface area contributed by atoms with Gasteiger partial charge in [0.1, 0.15) is 0 Å². The molecule has 1 aromatic heterocycles. The van der Waals surface area contributed by atoms with Crippen LogP contribution >= 0.6 is 0 Å². The van der Waals surface area contributed by atoms with Crippen LogP contribution in [0.5, 0.6) is 0 Å². The zero-order chi connectivity index (χ0) is 22.1. The molecule has 30 heavy (non-hydrogen) atoms. The number of benzene rings is 1. The number of hydrogen-bond acceptors (Lipinski definition) is 5. The van der Waals surface area contributed by atoms with Crippen molar-refractivity contribution in [1.29, 1.82) is 0 Å². The number of carbonyl (C=O) groups is 1. The molecule has 0 saturated carbocycles. The third-order valence-electron chi connectivity index (χ3n) is 4.86. The highest BCUT2D eigenvalue weighted by Gasteiger charge is 2.33. The second-order valence-corrected chi connectivity index (χ2v) is 8.90. The van der Waals surface area contributed by atoms with Crippen LogP contribution in [0.15, 0.2) is 30.5 Å². The van der Waals surface area contributed by atoms with E-state index in [-0.39, 0.29) is 11.4 Å². The number of sulfonamides is 1. The maximum absolute atomic E-state index is 13.1. The molecule has 164 valence electrons. The van der Waals surface area contributed by atoms with Crippen LogP contribution in [0.3, 0.4) is 0 Å². The monoisotopic (exact) mass is 445 g/mol. The largest absolute Gasteiger partial charge is 0.416 e. The zero-order valence-corrected chi connectivity index (χ0v) is 17.3. The van der Waals surface area contributed by atoms with Crippen molar-refractivity contribution in [3.8, 4) is 0 Å². The number of anilines is 1. The maximum atomic E-state index is 13.1. The summed E-state index contributed by atoms with van der Waals surface area (Å²) < 4.78 is 65.0. The molecule has 0 spiro atoms. The zero-order valence-electron chi connectivity index (χ0n) is 16.5. The fourth-order valence-electron chi connectivity index (χ4n) is 3.32. The first kappa shape index (κ1) is 22.1. The fourth-order valence-corrected chi connectivity index (χ4v) is 3.81. The number of piperazine rings is 1. The van der Waals surface area contributed by atoms with E-state index in [0.29, 0.717) is 38.3 Å². The van der Waals surface area contributed by atoms with Gasteiger partial charge in [-0.25, -0.2) is 13.2 Å². The molecule has 2 heterocycles. The van der Waals surface area contributed by atoms with E-state index in [4.69, 9.17) is 0 Å². The van der Waals surface area contributed by atoms with Crippen molar-refractivity contribution in [2.24, 2.45) is 0 Å². The van der Waals surface area contributed by atoms with Gasteiger partial charge in [-0.15, -0.1) is 5.10 Å². The Bertz CT molecular complexity index is 1030. The first-order chi connectivity index (χ1) is 13.9. The van der Waals surface area contributed by atoms with Gasteiger partial charge in [0.25, 0.3) is 0 Å². The van der Waals surface area contributed by atoms with E-state index in [2.05, 4.69) is 9.82 Å². The number of halogens is 3. The van der Waals surface area contributed by atoms with E-state index >= 15 is 0 Å². The smallest absolute Gasteiger partial charge is 0.320 e. The Balaban J connectivity index is 1.60. The lowest BCUT2D eigenvalue weighted by atomic mass is 10.0. The highest BCUT2D eigenvalue weighted by Crippen LogP contribution is 2.33. The van der Waals surface area contributed by atoms with E-state index < -0.39 is 27.8 Å². The Morgan fingerprint density at radius 1 is 1.17 bits per heavy atom. The average Bonchev–Trinajstić information content (AvgIpc) is 3.09. The van der Waals surface area contributed by atoms with Crippen LogP contribution in [-0.2, 0) is 22.7 Å². The molecule has 0 atom stereocenters. The van der Waals surface area contributed by atoms with Crippen molar-refractivity contribution in [3.63, 3.8) is 0 Å². The van der Waals surface area contributed by atoms with Gasteiger partial charge in [-0.05, 0) is 24.1 Å². The first-order valence-electron chi connectivity index (χ1n) is 9.15. The minimum Gasteiger partial charge on any atom is -0.320 e. The Morgan fingerprint density at radius 3 is 2.43 bits per heavy atom. The van der Waals surface area contributed by atoms with Gasteiger partial charge in [0.15, 0.2) is 5.82 Å². The fraction of sp³-hybridized carbons (Fsp3) is 0.444. The predicted molar refractivity (Wildman–Crippen MR) is 105 cm³/mol. The predicted octanol–water partition coefficient (Wildman–Crippen LogP) is 2.37. The second-order valence-electron chi connectivity index (χ2n) is 7.15. The van der Waals surface area contributed by atoms with Gasteiger partial charge in [-0.2, -0.15) is 17.9 Å². The number of nitrogens with one attached hydrogen (secondary N) is 1. The molecule has 1 saturated heterocycles. The minimum atomic E-state index is -4.39. The van der Waals surface area contributed by atoms with E-state index in [9.17, 15) is 26.4 Å². The summed E-state index contributed by atoms with van der Waals surface area (Å²) in [5, 5.41) is 3.92. The number of aromatic nitrogens is 2. The van der Waals surface area contributed by atoms with E-state index in [1.54, 1.807) is 11.0 Å². The Morgan fingerprint density at radius 2 is 1.83 bits per heavy atom. The lowest BCUT2D eigenvalue weighted by molar-refractivity contribution is -0.138. The number of alkyl halides is 3. The van der Waals surface area contributed by atoms with Crippen LogP contribution in [0.1, 0.15) is 16.7 Å². The van der Waals surface area contributed by atoms with Crippen LogP contribution in [0.25, 0.3) is 0 Å². The van der Waals surface area contributed by atoms with Crippen LogP contribution in [0.4, 0.5) is 23.8 Å². The third kappa shape index (κ3) is 5.30. The van der Waals surface area contributed by atoms with Gasteiger partial charge in [-0.1, -0.05) is 12.1 Å². The molecule has 3 rings (SSSR count). The summed E-state index contributed by atoms with van der Waals surface area (Å²) in [6.07, 6.45) is -2.03. The molecule has 0 unspecified atom stereocenters. The van der Waals surface area contributed by atoms with E-state index in [0.717, 1.165) is 17.0 Å². The Hall–Kier alpha value is -2.60. The van der Waals surface area contributed by atoms with Crippen molar-refractivity contribution in [2.45, 2.75) is 19.6 Å². The molecule has 0 bridgehead atoms. The SMILES string of the molecule is Cc1c(CN2CCN(C(=O)n3ccc(NS(C)(=O)=O)n3)CC2)cccc1C(F)(F)F. The Kier molecular flexibility index (Phi) is 6.09. The van der Waals surface area contributed by atoms with Crippen LogP contribution < -0.4 is 4.72 Å². The number of rotatable bonds is 4. The van der Waals surface area contributed by atoms with Crippen molar-refractivity contribution < 1.29 is 26.4 Å². The second kappa shape index (κ2) is 8.26. The molecule has 8 nitrogen and oxygen atoms in total. The summed E-state index contributed by atoms with van der Waals surface area (Å²) in [6, 6.07) is 5.15. The highest BCUT2D eigenvalue weighted by atomic mass is 32.2. The van der Waals surface area contributed by atoms with Crippen molar-refractivity contribution >= 4 is 21.9 Å². The molecular weight excluding hydrogens is 423 g/mol. The molecule has 0 radical (unpaired) electrons. The summed E-state index contributed by atoms with van der Waals surface area (Å²) in [7, 11) is -3.50. The molecular formula is C18H22F3N5O3S. The molecule has 1 fully saturated rings. The third-order valence-corrected chi connectivity index (χ3v) is 5.44. The van der Waals surface area contributed by atoms with Crippen LogP contribution in [-0.4, -0.2) is 66.5 Å². The molecule has 12 heteroatoms. The summed E-state index contributed by atoms with van der Waals surface area (Å²) >= 11 is 0. The normalized spacial score (nSPS) is 16.0. The topological polar surface area (TPSA) is 87.5 Å². The molecule has 1 N–H and O–H groups in total. The number of nitrogens with zero attached hydrogens (tertiary/aromatic N) is 4. The molecule has 1 amide bonds. The number of hydrogen-bond donors (Lipinski definition) is 1. The van der Waals surface area contributed by atoms with Gasteiger partial charge in [0.2, 0.25) is 10.0 Å². The summed E-state index contributed by atoms with van der Waals surface area (Å²) in [5.74, 6) is 0.0458. The van der Waals surface area contributed by atoms with Crippen molar-refractivity contribution in [1.82, 2.24) is 19.6 Å². The van der Waals surface area contributed by atoms with Gasteiger partial charge >= 0.3 is 12.2 Å². The molecule has 2 aromatic rings. The van der Waals surface area contributed by atoms with Crippen molar-refractivity contribution in [2.75, 3.05) is 37.2 Å². The lowest BCUT2D eigenvalue weighted by Gasteiger charge is -2.34. The number of amides is 1. The van der Waals surface area contributed by atoms with E-state index in [1.807, 2.05) is 4.90 Å². The standard InChI is InChI=1S/C18H22F3N5O3S/c1-13-14(4-3-5-15(13)18(19,20)21)12-24-8-10-25(11-9-24)17(27)26-7-6-16(22-26)23-30(2,28)29/h3-7H,8-12H2,1-2H3,(H,22,23). The highest BCUT2D eigenvalue weighted by molar-refractivity contribution is 7.92. The Labute approximate surface area is 172 Å². The molecule has 1 aromatic carbocycles. The average molecular weight is 445 g/mol. The van der Waals surface area contributed by atoms with Gasteiger partial charge < -0.3 is 4.90 Å². The van der Waals surface area contributed by atoms with Crippen LogP contribution in [0, 0.1) is 6.92 Å². The summed E-state index contributed by atoms with van der Waals surface area (Å²) in [5.41, 5.74) is 0.185.